The van der Waals surface area contributed by atoms with E-state index in [-0.39, 0.29) is 12.6 Å². The molecule has 1 fully saturated rings. The first-order valence-corrected chi connectivity index (χ1v) is 7.14. The lowest BCUT2D eigenvalue weighted by atomic mass is 10.1. The highest BCUT2D eigenvalue weighted by molar-refractivity contribution is 5.34. The van der Waals surface area contributed by atoms with Crippen LogP contribution in [0.2, 0.25) is 0 Å². The Labute approximate surface area is 118 Å². The third-order valence-electron chi connectivity index (χ3n) is 4.34. The molecule has 1 aromatic carbocycles. The van der Waals surface area contributed by atoms with E-state index in [0.29, 0.717) is 6.54 Å². The molecule has 1 aromatic rings. The second-order valence-electron chi connectivity index (χ2n) is 5.58. The van der Waals surface area contributed by atoms with Gasteiger partial charge in [0.1, 0.15) is 18.3 Å². The molecule has 1 aliphatic heterocycles. The molecule has 5 atom stereocenters. The SMILES string of the molecule is OC[C@H]1O[C@H](CNC2CCc3ccccc32)[C@@H](O)[C@@H]1O. The maximum Gasteiger partial charge on any atom is 0.111 e. The van der Waals surface area contributed by atoms with E-state index in [1.54, 1.807) is 0 Å². The van der Waals surface area contributed by atoms with E-state index in [4.69, 9.17) is 9.84 Å². The minimum absolute atomic E-state index is 0.271. The van der Waals surface area contributed by atoms with Crippen LogP contribution in [0.1, 0.15) is 23.6 Å². The van der Waals surface area contributed by atoms with Crippen molar-refractivity contribution in [3.8, 4) is 0 Å². The third kappa shape index (κ3) is 2.47. The number of aliphatic hydroxyl groups excluding tert-OH is 3. The van der Waals surface area contributed by atoms with Crippen molar-refractivity contribution in [1.29, 1.82) is 0 Å². The molecule has 0 spiro atoms. The summed E-state index contributed by atoms with van der Waals surface area (Å²) in [6.07, 6.45) is -1.03. The van der Waals surface area contributed by atoms with Gasteiger partial charge in [-0.2, -0.15) is 0 Å². The summed E-state index contributed by atoms with van der Waals surface area (Å²) in [6, 6.07) is 8.62. The van der Waals surface area contributed by atoms with Crippen LogP contribution in [0.5, 0.6) is 0 Å². The summed E-state index contributed by atoms with van der Waals surface area (Å²) in [7, 11) is 0. The molecule has 110 valence electrons. The van der Waals surface area contributed by atoms with Crippen molar-refractivity contribution in [3.63, 3.8) is 0 Å². The van der Waals surface area contributed by atoms with Crippen molar-refractivity contribution in [3.05, 3.63) is 35.4 Å². The first kappa shape index (κ1) is 14.0. The van der Waals surface area contributed by atoms with Gasteiger partial charge in [-0.15, -0.1) is 0 Å². The highest BCUT2D eigenvalue weighted by Gasteiger charge is 2.42. The predicted molar refractivity (Wildman–Crippen MR) is 73.3 cm³/mol. The van der Waals surface area contributed by atoms with Crippen LogP contribution in [0.25, 0.3) is 0 Å². The molecule has 5 heteroatoms. The molecule has 4 N–H and O–H groups in total. The number of nitrogens with one attached hydrogen (secondary N) is 1. The lowest BCUT2D eigenvalue weighted by Gasteiger charge is -2.19. The first-order valence-electron chi connectivity index (χ1n) is 7.14. The Morgan fingerprint density at radius 3 is 2.65 bits per heavy atom. The van der Waals surface area contributed by atoms with Crippen LogP contribution in [-0.4, -0.2) is 52.9 Å². The standard InChI is InChI=1S/C15H21NO4/c17-8-13-15(19)14(18)12(20-13)7-16-11-6-5-9-3-1-2-4-10(9)11/h1-4,11-19H,5-8H2/t11?,12-,13-,14-,15-/m1/s1. The highest BCUT2D eigenvalue weighted by Crippen LogP contribution is 2.31. The molecular formula is C15H21NO4. The maximum absolute atomic E-state index is 9.90. The number of hydrogen-bond acceptors (Lipinski definition) is 5. The summed E-state index contributed by atoms with van der Waals surface area (Å²) in [5.41, 5.74) is 2.67. The molecule has 2 aliphatic rings. The van der Waals surface area contributed by atoms with E-state index >= 15 is 0 Å². The zero-order valence-electron chi connectivity index (χ0n) is 11.3. The topological polar surface area (TPSA) is 82.0 Å². The fraction of sp³-hybridized carbons (Fsp3) is 0.600. The summed E-state index contributed by atoms with van der Waals surface area (Å²) in [5, 5.41) is 32.1. The molecule has 3 rings (SSSR count). The quantitative estimate of drug-likeness (QED) is 0.611. The number of aryl methyl sites for hydroxylation is 1. The van der Waals surface area contributed by atoms with Gasteiger partial charge in [-0.05, 0) is 24.0 Å². The number of fused-ring (bicyclic) bond motifs is 1. The average molecular weight is 279 g/mol. The minimum atomic E-state index is -1.01. The van der Waals surface area contributed by atoms with Gasteiger partial charge in [-0.25, -0.2) is 0 Å². The van der Waals surface area contributed by atoms with Gasteiger partial charge < -0.3 is 25.4 Å². The van der Waals surface area contributed by atoms with E-state index in [0.717, 1.165) is 12.8 Å². The zero-order valence-corrected chi connectivity index (χ0v) is 11.3. The Morgan fingerprint density at radius 2 is 1.90 bits per heavy atom. The molecule has 1 aliphatic carbocycles. The molecule has 0 aromatic heterocycles. The maximum atomic E-state index is 9.90. The zero-order chi connectivity index (χ0) is 14.1. The molecule has 0 saturated carbocycles. The summed E-state index contributed by atoms with van der Waals surface area (Å²) < 4.78 is 5.47. The molecule has 1 unspecified atom stereocenters. The molecular weight excluding hydrogens is 258 g/mol. The van der Waals surface area contributed by atoms with Gasteiger partial charge in [0.25, 0.3) is 0 Å². The summed E-state index contributed by atoms with van der Waals surface area (Å²) in [4.78, 5) is 0. The first-order chi connectivity index (χ1) is 9.70. The van der Waals surface area contributed by atoms with Crippen molar-refractivity contribution >= 4 is 0 Å². The van der Waals surface area contributed by atoms with Gasteiger partial charge in [0.2, 0.25) is 0 Å². The van der Waals surface area contributed by atoms with Gasteiger partial charge >= 0.3 is 0 Å². The number of aliphatic hydroxyl groups is 3. The fourth-order valence-electron chi connectivity index (χ4n) is 3.17. The van der Waals surface area contributed by atoms with Crippen molar-refractivity contribution in [1.82, 2.24) is 5.32 Å². The molecule has 0 amide bonds. The Balaban J connectivity index is 1.59. The minimum Gasteiger partial charge on any atom is -0.394 e. The Bertz CT molecular complexity index is 467. The molecule has 1 saturated heterocycles. The van der Waals surface area contributed by atoms with Crippen LogP contribution >= 0.6 is 0 Å². The van der Waals surface area contributed by atoms with Gasteiger partial charge in [0.05, 0.1) is 12.7 Å². The van der Waals surface area contributed by atoms with Crippen LogP contribution in [-0.2, 0) is 11.2 Å². The second-order valence-corrected chi connectivity index (χ2v) is 5.58. The van der Waals surface area contributed by atoms with Crippen molar-refractivity contribution in [2.75, 3.05) is 13.2 Å². The Morgan fingerprint density at radius 1 is 1.15 bits per heavy atom. The van der Waals surface area contributed by atoms with Crippen molar-refractivity contribution in [2.24, 2.45) is 0 Å². The van der Waals surface area contributed by atoms with Gasteiger partial charge in [0.15, 0.2) is 0 Å². The number of benzene rings is 1. The van der Waals surface area contributed by atoms with E-state index in [9.17, 15) is 10.2 Å². The third-order valence-corrected chi connectivity index (χ3v) is 4.34. The monoisotopic (exact) mass is 279 g/mol. The largest absolute Gasteiger partial charge is 0.394 e. The van der Waals surface area contributed by atoms with E-state index in [1.807, 2.05) is 12.1 Å². The average Bonchev–Trinajstić information content (AvgIpc) is 3.00. The molecule has 0 bridgehead atoms. The van der Waals surface area contributed by atoms with Gasteiger partial charge in [-0.3, -0.25) is 0 Å². The van der Waals surface area contributed by atoms with Crippen molar-refractivity contribution in [2.45, 2.75) is 43.3 Å². The predicted octanol–water partition coefficient (Wildman–Crippen LogP) is -0.255. The lowest BCUT2D eigenvalue weighted by Crippen LogP contribution is -2.38. The Kier molecular flexibility index (Phi) is 4.05. The Hall–Kier alpha value is -0.980. The molecule has 20 heavy (non-hydrogen) atoms. The normalized spacial score (nSPS) is 36.2. The fourth-order valence-corrected chi connectivity index (χ4v) is 3.17. The van der Waals surface area contributed by atoms with Gasteiger partial charge in [0, 0.05) is 12.6 Å². The van der Waals surface area contributed by atoms with E-state index in [2.05, 4.69) is 17.4 Å². The van der Waals surface area contributed by atoms with Crippen LogP contribution in [0.4, 0.5) is 0 Å². The van der Waals surface area contributed by atoms with Crippen LogP contribution in [0.15, 0.2) is 24.3 Å². The lowest BCUT2D eigenvalue weighted by molar-refractivity contribution is -0.0219. The van der Waals surface area contributed by atoms with Gasteiger partial charge in [-0.1, -0.05) is 24.3 Å². The highest BCUT2D eigenvalue weighted by atomic mass is 16.6. The smallest absolute Gasteiger partial charge is 0.111 e. The summed E-state index contributed by atoms with van der Waals surface area (Å²) in [5.74, 6) is 0. The molecule has 0 radical (unpaired) electrons. The second kappa shape index (κ2) is 5.79. The number of ether oxygens (including phenoxy) is 1. The van der Waals surface area contributed by atoms with E-state index < -0.39 is 24.4 Å². The summed E-state index contributed by atoms with van der Waals surface area (Å²) >= 11 is 0. The number of rotatable bonds is 4. The van der Waals surface area contributed by atoms with Crippen LogP contribution in [0.3, 0.4) is 0 Å². The van der Waals surface area contributed by atoms with Crippen LogP contribution < -0.4 is 5.32 Å². The molecule has 1 heterocycles. The summed E-state index contributed by atoms with van der Waals surface area (Å²) in [6.45, 7) is 0.189. The van der Waals surface area contributed by atoms with Crippen molar-refractivity contribution < 1.29 is 20.1 Å². The van der Waals surface area contributed by atoms with Crippen LogP contribution in [0, 0.1) is 0 Å². The van der Waals surface area contributed by atoms with E-state index in [1.165, 1.54) is 11.1 Å². The number of hydrogen-bond donors (Lipinski definition) is 4. The molecule has 5 nitrogen and oxygen atoms in total.